The average Bonchev–Trinajstić information content (AvgIpc) is 2.46. The lowest BCUT2D eigenvalue weighted by atomic mass is 9.98. The van der Waals surface area contributed by atoms with Gasteiger partial charge in [-0.15, -0.1) is 0 Å². The minimum Gasteiger partial charge on any atom is -0.376 e. The fourth-order valence-corrected chi connectivity index (χ4v) is 2.78. The molecule has 1 N–H and O–H groups in total. The number of anilines is 2. The highest BCUT2D eigenvalue weighted by atomic mass is 35.5. The first-order valence-corrected chi connectivity index (χ1v) is 7.82. The van der Waals surface area contributed by atoms with Gasteiger partial charge in [0.1, 0.15) is 6.61 Å². The standard InChI is InChI=1S/C16H23ClN2O2/c1-19(2)15-9-8-12(17)10-14(15)18-16(20)11-21-13-6-4-3-5-7-13/h8-10,13H,3-7,11H2,1-2H3,(H,18,20). The Morgan fingerprint density at radius 3 is 2.71 bits per heavy atom. The number of halogens is 1. The van der Waals surface area contributed by atoms with Crippen LogP contribution in [0.1, 0.15) is 32.1 Å². The summed E-state index contributed by atoms with van der Waals surface area (Å²) in [7, 11) is 3.86. The molecule has 0 aliphatic heterocycles. The summed E-state index contributed by atoms with van der Waals surface area (Å²) in [5.41, 5.74) is 1.63. The third-order valence-corrected chi connectivity index (χ3v) is 3.95. The molecular formula is C16H23ClN2O2. The highest BCUT2D eigenvalue weighted by Gasteiger charge is 2.16. The molecule has 1 amide bonds. The number of carbonyl (C=O) groups excluding carboxylic acids is 1. The Hall–Kier alpha value is -1.26. The molecule has 1 aromatic rings. The van der Waals surface area contributed by atoms with Gasteiger partial charge in [0.2, 0.25) is 5.91 Å². The molecule has 0 radical (unpaired) electrons. The van der Waals surface area contributed by atoms with E-state index in [0.29, 0.717) is 10.7 Å². The van der Waals surface area contributed by atoms with Gasteiger partial charge in [0.05, 0.1) is 17.5 Å². The van der Waals surface area contributed by atoms with E-state index in [9.17, 15) is 4.79 Å². The van der Waals surface area contributed by atoms with Crippen molar-refractivity contribution in [3.05, 3.63) is 23.2 Å². The van der Waals surface area contributed by atoms with Crippen LogP contribution in [0.4, 0.5) is 11.4 Å². The fourth-order valence-electron chi connectivity index (χ4n) is 2.61. The van der Waals surface area contributed by atoms with Gasteiger partial charge in [0, 0.05) is 19.1 Å². The van der Waals surface area contributed by atoms with Crippen molar-refractivity contribution in [2.75, 3.05) is 30.9 Å². The van der Waals surface area contributed by atoms with Crippen molar-refractivity contribution in [2.24, 2.45) is 0 Å². The van der Waals surface area contributed by atoms with Gasteiger partial charge in [-0.1, -0.05) is 30.9 Å². The number of nitrogens with zero attached hydrogens (tertiary/aromatic N) is 1. The SMILES string of the molecule is CN(C)c1ccc(Cl)cc1NC(=O)COC1CCCCC1. The smallest absolute Gasteiger partial charge is 0.250 e. The molecule has 0 bridgehead atoms. The largest absolute Gasteiger partial charge is 0.376 e. The lowest BCUT2D eigenvalue weighted by Gasteiger charge is -2.22. The Balaban J connectivity index is 1.91. The molecule has 0 aromatic heterocycles. The minimum absolute atomic E-state index is 0.101. The Kier molecular flexibility index (Phi) is 5.88. The zero-order valence-electron chi connectivity index (χ0n) is 12.7. The molecule has 0 unspecified atom stereocenters. The van der Waals surface area contributed by atoms with E-state index in [4.69, 9.17) is 16.3 Å². The van der Waals surface area contributed by atoms with Crippen LogP contribution in [-0.2, 0) is 9.53 Å². The van der Waals surface area contributed by atoms with Crippen LogP contribution in [0.2, 0.25) is 5.02 Å². The van der Waals surface area contributed by atoms with Crippen molar-refractivity contribution in [3.63, 3.8) is 0 Å². The summed E-state index contributed by atoms with van der Waals surface area (Å²) in [6.45, 7) is 0.101. The van der Waals surface area contributed by atoms with Crippen molar-refractivity contribution in [3.8, 4) is 0 Å². The average molecular weight is 311 g/mol. The molecule has 1 fully saturated rings. The molecule has 0 spiro atoms. The van der Waals surface area contributed by atoms with Crippen LogP contribution in [0.15, 0.2) is 18.2 Å². The molecule has 0 atom stereocenters. The van der Waals surface area contributed by atoms with Gasteiger partial charge in [-0.25, -0.2) is 0 Å². The molecule has 1 aliphatic rings. The van der Waals surface area contributed by atoms with E-state index in [-0.39, 0.29) is 18.6 Å². The zero-order valence-corrected chi connectivity index (χ0v) is 13.4. The third kappa shape index (κ3) is 4.90. The van der Waals surface area contributed by atoms with E-state index in [1.807, 2.05) is 31.1 Å². The number of rotatable bonds is 5. The Morgan fingerprint density at radius 2 is 2.05 bits per heavy atom. The monoisotopic (exact) mass is 310 g/mol. The van der Waals surface area contributed by atoms with E-state index in [1.54, 1.807) is 6.07 Å². The number of hydrogen-bond acceptors (Lipinski definition) is 3. The lowest BCUT2D eigenvalue weighted by molar-refractivity contribution is -0.123. The lowest BCUT2D eigenvalue weighted by Crippen LogP contribution is -2.25. The van der Waals surface area contributed by atoms with E-state index in [0.717, 1.165) is 18.5 Å². The van der Waals surface area contributed by atoms with Crippen molar-refractivity contribution >= 4 is 28.9 Å². The van der Waals surface area contributed by atoms with Gasteiger partial charge in [-0.2, -0.15) is 0 Å². The van der Waals surface area contributed by atoms with Gasteiger partial charge in [-0.3, -0.25) is 4.79 Å². The quantitative estimate of drug-likeness (QED) is 0.901. The maximum Gasteiger partial charge on any atom is 0.250 e. The molecule has 0 saturated heterocycles. The molecule has 4 nitrogen and oxygen atoms in total. The van der Waals surface area contributed by atoms with Crippen LogP contribution >= 0.6 is 11.6 Å². The second-order valence-corrected chi connectivity index (χ2v) is 6.11. The zero-order chi connectivity index (χ0) is 15.2. The molecule has 1 aliphatic carbocycles. The fraction of sp³-hybridized carbons (Fsp3) is 0.562. The molecule has 21 heavy (non-hydrogen) atoms. The summed E-state index contributed by atoms with van der Waals surface area (Å²) < 4.78 is 5.69. The van der Waals surface area contributed by atoms with Crippen molar-refractivity contribution in [2.45, 2.75) is 38.2 Å². The molecule has 116 valence electrons. The summed E-state index contributed by atoms with van der Waals surface area (Å²) in [4.78, 5) is 14.0. The van der Waals surface area contributed by atoms with Crippen molar-refractivity contribution in [1.29, 1.82) is 0 Å². The van der Waals surface area contributed by atoms with Crippen LogP contribution in [0.5, 0.6) is 0 Å². The van der Waals surface area contributed by atoms with Gasteiger partial charge < -0.3 is 15.0 Å². The van der Waals surface area contributed by atoms with E-state index in [2.05, 4.69) is 5.32 Å². The first kappa shape index (κ1) is 16.1. The number of benzene rings is 1. The summed E-state index contributed by atoms with van der Waals surface area (Å²) in [5.74, 6) is -0.133. The number of ether oxygens (including phenoxy) is 1. The highest BCUT2D eigenvalue weighted by Crippen LogP contribution is 2.28. The first-order chi connectivity index (χ1) is 10.1. The molecular weight excluding hydrogens is 288 g/mol. The summed E-state index contributed by atoms with van der Waals surface area (Å²) in [5, 5.41) is 3.48. The number of carbonyl (C=O) groups is 1. The van der Waals surface area contributed by atoms with Crippen LogP contribution < -0.4 is 10.2 Å². The van der Waals surface area contributed by atoms with Crippen LogP contribution in [0.25, 0.3) is 0 Å². The van der Waals surface area contributed by atoms with Gasteiger partial charge >= 0.3 is 0 Å². The Labute approximate surface area is 131 Å². The first-order valence-electron chi connectivity index (χ1n) is 7.44. The third-order valence-electron chi connectivity index (χ3n) is 3.72. The van der Waals surface area contributed by atoms with Gasteiger partial charge in [0.15, 0.2) is 0 Å². The number of amides is 1. The highest BCUT2D eigenvalue weighted by molar-refractivity contribution is 6.31. The van der Waals surface area contributed by atoms with E-state index >= 15 is 0 Å². The molecule has 1 aromatic carbocycles. The summed E-state index contributed by atoms with van der Waals surface area (Å²) in [6.07, 6.45) is 6.04. The van der Waals surface area contributed by atoms with Crippen LogP contribution in [0, 0.1) is 0 Å². The summed E-state index contributed by atoms with van der Waals surface area (Å²) >= 11 is 6.00. The summed E-state index contributed by atoms with van der Waals surface area (Å²) in [6, 6.07) is 5.46. The minimum atomic E-state index is -0.133. The van der Waals surface area contributed by atoms with Gasteiger partial charge in [0.25, 0.3) is 0 Å². The van der Waals surface area contributed by atoms with E-state index in [1.165, 1.54) is 19.3 Å². The van der Waals surface area contributed by atoms with Crippen LogP contribution in [0.3, 0.4) is 0 Å². The predicted molar refractivity (Wildman–Crippen MR) is 87.2 cm³/mol. The molecule has 5 heteroatoms. The topological polar surface area (TPSA) is 41.6 Å². The van der Waals surface area contributed by atoms with Crippen LogP contribution in [-0.4, -0.2) is 32.7 Å². The van der Waals surface area contributed by atoms with E-state index < -0.39 is 0 Å². The van der Waals surface area contributed by atoms with Crippen molar-refractivity contribution < 1.29 is 9.53 Å². The Bertz CT molecular complexity index is 485. The molecule has 2 rings (SSSR count). The second-order valence-electron chi connectivity index (χ2n) is 5.68. The second kappa shape index (κ2) is 7.66. The Morgan fingerprint density at radius 1 is 1.33 bits per heavy atom. The van der Waals surface area contributed by atoms with Gasteiger partial charge in [-0.05, 0) is 31.0 Å². The number of nitrogens with one attached hydrogen (secondary N) is 1. The molecule has 1 saturated carbocycles. The van der Waals surface area contributed by atoms with Crippen molar-refractivity contribution in [1.82, 2.24) is 0 Å². The predicted octanol–water partition coefficient (Wildman–Crippen LogP) is 3.69. The maximum atomic E-state index is 12.0. The normalized spacial score (nSPS) is 15.8. The molecule has 0 heterocycles. The maximum absolute atomic E-state index is 12.0. The number of hydrogen-bond donors (Lipinski definition) is 1.